The molecule has 156 valence electrons. The molecule has 0 unspecified atom stereocenters. The molecule has 8 nitrogen and oxygen atoms in total. The van der Waals surface area contributed by atoms with Crippen LogP contribution in [0.5, 0.6) is 0 Å². The average molecular weight is 420 g/mol. The first-order valence-corrected chi connectivity index (χ1v) is 11.1. The number of nitrogens with zero attached hydrogens (tertiary/aromatic N) is 2. The highest BCUT2D eigenvalue weighted by Crippen LogP contribution is 2.30. The molecule has 9 heteroatoms. The smallest absolute Gasteiger partial charge is 0.293 e. The van der Waals surface area contributed by atoms with Gasteiger partial charge in [-0.2, -0.15) is 4.31 Å². The van der Waals surface area contributed by atoms with E-state index < -0.39 is 14.9 Å². The third kappa shape index (κ3) is 4.75. The summed E-state index contributed by atoms with van der Waals surface area (Å²) in [5.41, 5.74) is 1.21. The van der Waals surface area contributed by atoms with Gasteiger partial charge in [0.25, 0.3) is 5.69 Å². The van der Waals surface area contributed by atoms with Crippen molar-refractivity contribution in [1.29, 1.82) is 0 Å². The van der Waals surface area contributed by atoms with Crippen LogP contribution in [-0.4, -0.2) is 51.4 Å². The zero-order valence-corrected chi connectivity index (χ0v) is 17.5. The van der Waals surface area contributed by atoms with Crippen molar-refractivity contribution in [2.24, 2.45) is 0 Å². The topological polar surface area (TPSA) is 97.0 Å². The quantitative estimate of drug-likeness (QED) is 0.501. The van der Waals surface area contributed by atoms with E-state index >= 15 is 0 Å². The number of nitro groups is 1. The van der Waals surface area contributed by atoms with Gasteiger partial charge in [-0.3, -0.25) is 10.1 Å². The van der Waals surface area contributed by atoms with Gasteiger partial charge >= 0.3 is 0 Å². The number of nitrogens with one attached hydrogen (secondary N) is 2. The molecule has 1 fully saturated rings. The van der Waals surface area contributed by atoms with Gasteiger partial charge < -0.3 is 10.2 Å². The lowest BCUT2D eigenvalue weighted by Gasteiger charge is -2.23. The van der Waals surface area contributed by atoms with Crippen molar-refractivity contribution in [1.82, 2.24) is 4.31 Å². The molecule has 0 aliphatic carbocycles. The van der Waals surface area contributed by atoms with Gasteiger partial charge in [-0.15, -0.1) is 0 Å². The molecule has 2 aromatic carbocycles. The maximum Gasteiger partial charge on any atom is 0.293 e. The number of benzene rings is 2. The molecule has 0 amide bonds. The van der Waals surface area contributed by atoms with Gasteiger partial charge in [0.15, 0.2) is 0 Å². The maximum atomic E-state index is 12.7. The summed E-state index contributed by atoms with van der Waals surface area (Å²) < 4.78 is 26.9. The van der Waals surface area contributed by atoms with Crippen molar-refractivity contribution < 1.29 is 18.2 Å². The fourth-order valence-electron chi connectivity index (χ4n) is 3.60. The van der Waals surface area contributed by atoms with E-state index in [0.29, 0.717) is 25.3 Å². The number of hydrogen-bond acceptors (Lipinski definition) is 5. The first-order valence-electron chi connectivity index (χ1n) is 9.68. The summed E-state index contributed by atoms with van der Waals surface area (Å²) in [6.07, 6.45) is 1.63. The fourth-order valence-corrected chi connectivity index (χ4v) is 5.14. The van der Waals surface area contributed by atoms with E-state index in [0.717, 1.165) is 24.5 Å². The lowest BCUT2D eigenvalue weighted by molar-refractivity contribution is -0.890. The number of sulfonamides is 1. The molecule has 1 aliphatic rings. The molecule has 2 aromatic rings. The number of rotatable bonds is 8. The number of quaternary nitrogens is 1. The summed E-state index contributed by atoms with van der Waals surface area (Å²) >= 11 is 0. The molecule has 0 spiro atoms. The second-order valence-corrected chi connectivity index (χ2v) is 9.41. The molecule has 3 rings (SSSR count). The Bertz CT molecular complexity index is 958. The molecule has 2 N–H and O–H groups in total. The van der Waals surface area contributed by atoms with Crippen molar-refractivity contribution in [3.05, 3.63) is 64.2 Å². The molecule has 1 aliphatic heterocycles. The minimum atomic E-state index is -3.70. The fraction of sp³-hybridized carbons (Fsp3) is 0.400. The zero-order chi connectivity index (χ0) is 21.0. The van der Waals surface area contributed by atoms with Crippen LogP contribution < -0.4 is 10.2 Å². The van der Waals surface area contributed by atoms with Crippen LogP contribution >= 0.6 is 0 Å². The molecule has 0 aromatic heterocycles. The summed E-state index contributed by atoms with van der Waals surface area (Å²) in [5, 5.41) is 14.8. The van der Waals surface area contributed by atoms with Gasteiger partial charge in [0.05, 0.1) is 30.5 Å². The van der Waals surface area contributed by atoms with E-state index in [4.69, 9.17) is 0 Å². The van der Waals surface area contributed by atoms with Gasteiger partial charge in [0, 0.05) is 24.7 Å². The van der Waals surface area contributed by atoms with Crippen molar-refractivity contribution in [2.75, 3.05) is 39.0 Å². The van der Waals surface area contributed by atoms with Crippen LogP contribution in [0.25, 0.3) is 0 Å². The average Bonchev–Trinajstić information content (AvgIpc) is 3.24. The Morgan fingerprint density at radius 1 is 1.14 bits per heavy atom. The van der Waals surface area contributed by atoms with Gasteiger partial charge in [-0.05, 0) is 25.0 Å². The summed E-state index contributed by atoms with van der Waals surface area (Å²) in [6.45, 7) is 1.40. The Labute approximate surface area is 171 Å². The minimum Gasteiger partial charge on any atom is -0.373 e. The second-order valence-electron chi connectivity index (χ2n) is 7.47. The predicted octanol–water partition coefficient (Wildman–Crippen LogP) is 1.68. The molecule has 0 saturated carbocycles. The molecule has 1 heterocycles. The van der Waals surface area contributed by atoms with Crippen LogP contribution in [0.1, 0.15) is 24.4 Å². The SMILES string of the molecule is C[NH+](C)[C@@H](CNc1ccc(S(=O)(=O)N2CCCC2)cc1[N+](=O)[O-])c1ccccc1. The van der Waals surface area contributed by atoms with E-state index in [9.17, 15) is 18.5 Å². The highest BCUT2D eigenvalue weighted by molar-refractivity contribution is 7.89. The molecule has 1 saturated heterocycles. The summed E-state index contributed by atoms with van der Waals surface area (Å²) in [6, 6.07) is 14.1. The van der Waals surface area contributed by atoms with Crippen molar-refractivity contribution in [3.63, 3.8) is 0 Å². The van der Waals surface area contributed by atoms with Crippen LogP contribution in [0, 0.1) is 10.1 Å². The first kappa shape index (κ1) is 21.2. The highest BCUT2D eigenvalue weighted by atomic mass is 32.2. The molecule has 0 bridgehead atoms. The van der Waals surface area contributed by atoms with E-state index in [2.05, 4.69) is 5.32 Å². The number of nitro benzene ring substituents is 1. The van der Waals surface area contributed by atoms with E-state index in [-0.39, 0.29) is 16.6 Å². The Morgan fingerprint density at radius 2 is 1.79 bits per heavy atom. The molecular formula is C20H27N4O4S+. The van der Waals surface area contributed by atoms with Crippen LogP contribution in [0.4, 0.5) is 11.4 Å². The third-order valence-corrected chi connectivity index (χ3v) is 7.16. The van der Waals surface area contributed by atoms with Crippen LogP contribution in [0.3, 0.4) is 0 Å². The Morgan fingerprint density at radius 3 is 2.38 bits per heavy atom. The van der Waals surface area contributed by atoms with Gasteiger partial charge in [0.2, 0.25) is 10.0 Å². The largest absolute Gasteiger partial charge is 0.373 e. The van der Waals surface area contributed by atoms with Gasteiger partial charge in [-0.25, -0.2) is 8.42 Å². The molecular weight excluding hydrogens is 392 g/mol. The summed E-state index contributed by atoms with van der Waals surface area (Å²) in [7, 11) is 0.352. The Balaban J connectivity index is 1.85. The van der Waals surface area contributed by atoms with Gasteiger partial charge in [0.1, 0.15) is 11.7 Å². The minimum absolute atomic E-state index is 0.0329. The first-order chi connectivity index (χ1) is 13.8. The maximum absolute atomic E-state index is 12.7. The van der Waals surface area contributed by atoms with Crippen molar-refractivity contribution in [2.45, 2.75) is 23.8 Å². The third-order valence-electron chi connectivity index (χ3n) is 5.26. The number of likely N-dealkylation sites (N-methyl/N-ethyl adjacent to an activating group) is 1. The zero-order valence-electron chi connectivity index (χ0n) is 16.7. The molecule has 29 heavy (non-hydrogen) atoms. The lowest BCUT2D eigenvalue weighted by atomic mass is 10.1. The normalized spacial score (nSPS) is 16.1. The molecule has 0 radical (unpaired) electrons. The highest BCUT2D eigenvalue weighted by Gasteiger charge is 2.29. The van der Waals surface area contributed by atoms with Crippen LogP contribution in [-0.2, 0) is 10.0 Å². The lowest BCUT2D eigenvalue weighted by Crippen LogP contribution is -3.06. The molecule has 1 atom stereocenters. The standard InChI is InChI=1S/C20H26N4O4S/c1-22(2)20(16-8-4-3-5-9-16)15-21-18-11-10-17(14-19(18)24(25)26)29(27,28)23-12-6-7-13-23/h3-5,8-11,14,20-21H,6-7,12-13,15H2,1-2H3/p+1/t20-/m0/s1. The van der Waals surface area contributed by atoms with E-state index in [1.165, 1.54) is 21.3 Å². The van der Waals surface area contributed by atoms with Crippen molar-refractivity contribution in [3.8, 4) is 0 Å². The number of anilines is 1. The van der Waals surface area contributed by atoms with Crippen LogP contribution in [0.15, 0.2) is 53.4 Å². The van der Waals surface area contributed by atoms with Crippen molar-refractivity contribution >= 4 is 21.4 Å². The van der Waals surface area contributed by atoms with E-state index in [1.54, 1.807) is 0 Å². The Hall–Kier alpha value is -2.49. The number of hydrogen-bond donors (Lipinski definition) is 2. The summed E-state index contributed by atoms with van der Waals surface area (Å²) in [4.78, 5) is 12.2. The summed E-state index contributed by atoms with van der Waals surface area (Å²) in [5.74, 6) is 0. The predicted molar refractivity (Wildman–Crippen MR) is 112 cm³/mol. The van der Waals surface area contributed by atoms with Gasteiger partial charge in [-0.1, -0.05) is 30.3 Å². The van der Waals surface area contributed by atoms with E-state index in [1.807, 2.05) is 44.4 Å². The monoisotopic (exact) mass is 419 g/mol. The Kier molecular flexibility index (Phi) is 6.51. The second kappa shape index (κ2) is 8.89. The van der Waals surface area contributed by atoms with Crippen LogP contribution in [0.2, 0.25) is 0 Å².